The summed E-state index contributed by atoms with van der Waals surface area (Å²) < 4.78 is 44.0. The van der Waals surface area contributed by atoms with Crippen LogP contribution in [0.2, 0.25) is 0 Å². The Morgan fingerprint density at radius 1 is 1.31 bits per heavy atom. The molecule has 154 valence electrons. The maximum absolute atomic E-state index is 13.2. The van der Waals surface area contributed by atoms with Crippen LogP contribution < -0.4 is 9.62 Å². The van der Waals surface area contributed by atoms with Crippen LogP contribution in [-0.2, 0) is 21.4 Å². The molecular weight excluding hydrogens is 419 g/mol. The molecule has 0 aliphatic heterocycles. The minimum absolute atomic E-state index is 0.0469. The highest BCUT2D eigenvalue weighted by atomic mass is 32.2. The van der Waals surface area contributed by atoms with Crippen molar-refractivity contribution in [3.8, 4) is 10.7 Å². The summed E-state index contributed by atoms with van der Waals surface area (Å²) in [4.78, 5) is 17.8. The van der Waals surface area contributed by atoms with Gasteiger partial charge in [-0.25, -0.2) is 12.8 Å². The molecule has 1 atom stereocenters. The first kappa shape index (κ1) is 20.9. The van der Waals surface area contributed by atoms with E-state index in [0.29, 0.717) is 5.82 Å². The van der Waals surface area contributed by atoms with Gasteiger partial charge in [0, 0.05) is 0 Å². The summed E-state index contributed by atoms with van der Waals surface area (Å²) in [5, 5.41) is 8.38. The third-order valence-electron chi connectivity index (χ3n) is 4.03. The number of nitrogens with zero attached hydrogens (tertiary/aromatic N) is 3. The fraction of sp³-hybridized carbons (Fsp3) is 0.278. The van der Waals surface area contributed by atoms with Crippen LogP contribution in [0.4, 0.5) is 10.1 Å². The second kappa shape index (κ2) is 8.70. The topological polar surface area (TPSA) is 105 Å². The van der Waals surface area contributed by atoms with E-state index in [9.17, 15) is 17.6 Å². The predicted molar refractivity (Wildman–Crippen MR) is 107 cm³/mol. The number of thiophene rings is 1. The van der Waals surface area contributed by atoms with E-state index in [-0.39, 0.29) is 24.5 Å². The molecule has 0 bridgehead atoms. The van der Waals surface area contributed by atoms with Crippen molar-refractivity contribution in [3.63, 3.8) is 0 Å². The SMILES string of the molecule is CC[C@@H](C(=O)NCc1nc(-c2cccs2)no1)N(c1ccc(F)cc1)S(C)(=O)=O. The van der Waals surface area contributed by atoms with Gasteiger partial charge in [0.1, 0.15) is 11.9 Å². The molecule has 0 spiro atoms. The second-order valence-corrected chi connectivity index (χ2v) is 8.97. The van der Waals surface area contributed by atoms with E-state index >= 15 is 0 Å². The quantitative estimate of drug-likeness (QED) is 0.580. The smallest absolute Gasteiger partial charge is 0.246 e. The molecule has 8 nitrogen and oxygen atoms in total. The number of sulfonamides is 1. The highest BCUT2D eigenvalue weighted by molar-refractivity contribution is 7.92. The van der Waals surface area contributed by atoms with Crippen molar-refractivity contribution in [2.45, 2.75) is 25.9 Å². The molecule has 0 fully saturated rings. The van der Waals surface area contributed by atoms with E-state index in [2.05, 4.69) is 15.5 Å². The maximum atomic E-state index is 13.2. The lowest BCUT2D eigenvalue weighted by atomic mass is 10.2. The van der Waals surface area contributed by atoms with E-state index < -0.39 is 27.8 Å². The summed E-state index contributed by atoms with van der Waals surface area (Å²) in [6.07, 6.45) is 1.21. The maximum Gasteiger partial charge on any atom is 0.246 e. The van der Waals surface area contributed by atoms with E-state index in [1.54, 1.807) is 6.92 Å². The number of amides is 1. The minimum Gasteiger partial charge on any atom is -0.345 e. The Labute approximate surface area is 171 Å². The summed E-state index contributed by atoms with van der Waals surface area (Å²) in [6, 6.07) is 7.60. The van der Waals surface area contributed by atoms with Crippen LogP contribution in [0.15, 0.2) is 46.3 Å². The monoisotopic (exact) mass is 438 g/mol. The summed E-state index contributed by atoms with van der Waals surface area (Å²) in [7, 11) is -3.80. The van der Waals surface area contributed by atoms with Crippen LogP contribution in [0.1, 0.15) is 19.2 Å². The Morgan fingerprint density at radius 2 is 2.03 bits per heavy atom. The normalized spacial score (nSPS) is 12.5. The predicted octanol–water partition coefficient (Wildman–Crippen LogP) is 2.80. The van der Waals surface area contributed by atoms with Gasteiger partial charge in [-0.15, -0.1) is 11.3 Å². The van der Waals surface area contributed by atoms with Crippen molar-refractivity contribution in [1.82, 2.24) is 15.5 Å². The van der Waals surface area contributed by atoms with Gasteiger partial charge in [0.15, 0.2) is 0 Å². The van der Waals surface area contributed by atoms with Gasteiger partial charge in [0.25, 0.3) is 0 Å². The Bertz CT molecular complexity index is 1070. The van der Waals surface area contributed by atoms with Crippen LogP contribution in [0.25, 0.3) is 10.7 Å². The molecule has 1 amide bonds. The molecule has 0 aliphatic carbocycles. The molecule has 1 aromatic carbocycles. The van der Waals surface area contributed by atoms with Gasteiger partial charge >= 0.3 is 0 Å². The third kappa shape index (κ3) is 4.98. The summed E-state index contributed by atoms with van der Waals surface area (Å²) >= 11 is 1.46. The van der Waals surface area contributed by atoms with Gasteiger partial charge in [0.2, 0.25) is 27.6 Å². The number of nitrogens with one attached hydrogen (secondary N) is 1. The Balaban J connectivity index is 1.75. The summed E-state index contributed by atoms with van der Waals surface area (Å²) in [5.41, 5.74) is 0.202. The molecule has 0 aliphatic rings. The molecule has 11 heteroatoms. The van der Waals surface area contributed by atoms with Crippen molar-refractivity contribution >= 4 is 33.0 Å². The van der Waals surface area contributed by atoms with Gasteiger partial charge in [0.05, 0.1) is 23.4 Å². The van der Waals surface area contributed by atoms with Crippen LogP contribution in [-0.4, -0.2) is 36.8 Å². The van der Waals surface area contributed by atoms with Crippen LogP contribution in [0.3, 0.4) is 0 Å². The first-order chi connectivity index (χ1) is 13.8. The zero-order chi connectivity index (χ0) is 21.0. The van der Waals surface area contributed by atoms with Crippen molar-refractivity contribution < 1.29 is 22.1 Å². The lowest BCUT2D eigenvalue weighted by molar-refractivity contribution is -0.122. The number of halogens is 1. The highest BCUT2D eigenvalue weighted by Gasteiger charge is 2.31. The Morgan fingerprint density at radius 3 is 2.62 bits per heavy atom. The van der Waals surface area contributed by atoms with Crippen LogP contribution in [0, 0.1) is 5.82 Å². The number of hydrogen-bond acceptors (Lipinski definition) is 7. The minimum atomic E-state index is -3.80. The Kier molecular flexibility index (Phi) is 6.28. The first-order valence-corrected chi connectivity index (χ1v) is 11.4. The van der Waals surface area contributed by atoms with Crippen LogP contribution in [0.5, 0.6) is 0 Å². The second-order valence-electron chi connectivity index (χ2n) is 6.17. The standard InChI is InChI=1S/C18H19FN4O4S2/c1-3-14(23(29(2,25)26)13-8-6-12(19)7-9-13)18(24)20-11-16-21-17(22-27-16)15-5-4-10-28-15/h4-10,14H,3,11H2,1-2H3,(H,20,24)/t14-/m0/s1. The molecule has 2 aromatic heterocycles. The molecule has 0 saturated heterocycles. The van der Waals surface area contributed by atoms with Crippen LogP contribution >= 0.6 is 11.3 Å². The van der Waals surface area contributed by atoms with E-state index in [1.807, 2.05) is 17.5 Å². The number of anilines is 1. The zero-order valence-electron chi connectivity index (χ0n) is 15.7. The molecular formula is C18H19FN4O4S2. The lowest BCUT2D eigenvalue weighted by Gasteiger charge is -2.29. The van der Waals surface area contributed by atoms with Gasteiger partial charge in [-0.2, -0.15) is 4.98 Å². The van der Waals surface area contributed by atoms with Gasteiger partial charge in [-0.05, 0) is 42.1 Å². The van der Waals surface area contributed by atoms with E-state index in [0.717, 1.165) is 27.6 Å². The molecule has 3 rings (SSSR count). The van der Waals surface area contributed by atoms with Crippen molar-refractivity contribution in [2.75, 3.05) is 10.6 Å². The number of carbonyl (C=O) groups is 1. The number of benzene rings is 1. The molecule has 0 unspecified atom stereocenters. The van der Waals surface area contributed by atoms with Gasteiger partial charge in [-0.3, -0.25) is 9.10 Å². The number of carbonyl (C=O) groups excluding carboxylic acids is 1. The van der Waals surface area contributed by atoms with Crippen molar-refractivity contribution in [1.29, 1.82) is 0 Å². The molecule has 29 heavy (non-hydrogen) atoms. The van der Waals surface area contributed by atoms with E-state index in [4.69, 9.17) is 4.52 Å². The average molecular weight is 439 g/mol. The molecule has 0 radical (unpaired) electrons. The fourth-order valence-corrected chi connectivity index (χ4v) is 4.62. The first-order valence-electron chi connectivity index (χ1n) is 8.68. The third-order valence-corrected chi connectivity index (χ3v) is 6.08. The van der Waals surface area contributed by atoms with Crippen molar-refractivity contribution in [3.05, 3.63) is 53.5 Å². The van der Waals surface area contributed by atoms with Gasteiger partial charge in [-0.1, -0.05) is 18.1 Å². The average Bonchev–Trinajstić information content (AvgIpc) is 3.35. The molecule has 2 heterocycles. The fourth-order valence-electron chi connectivity index (χ4n) is 2.76. The van der Waals surface area contributed by atoms with Gasteiger partial charge < -0.3 is 9.84 Å². The highest BCUT2D eigenvalue weighted by Crippen LogP contribution is 2.23. The largest absolute Gasteiger partial charge is 0.345 e. The number of hydrogen-bond donors (Lipinski definition) is 1. The number of aromatic nitrogens is 2. The zero-order valence-corrected chi connectivity index (χ0v) is 17.3. The molecule has 1 N–H and O–H groups in total. The summed E-state index contributed by atoms with van der Waals surface area (Å²) in [6.45, 7) is 1.64. The molecule has 0 saturated carbocycles. The van der Waals surface area contributed by atoms with E-state index in [1.165, 1.54) is 23.5 Å². The summed E-state index contributed by atoms with van der Waals surface area (Å²) in [5.74, 6) is -0.416. The molecule has 3 aromatic rings. The Hall–Kier alpha value is -2.79. The number of rotatable bonds is 8. The van der Waals surface area contributed by atoms with Crippen molar-refractivity contribution in [2.24, 2.45) is 0 Å². The lowest BCUT2D eigenvalue weighted by Crippen LogP contribution is -2.49.